The zero-order valence-electron chi connectivity index (χ0n) is 16.7. The molecule has 0 spiro atoms. The molecule has 1 aliphatic rings. The van der Waals surface area contributed by atoms with E-state index in [1.54, 1.807) is 15.9 Å². The molecule has 154 valence electrons. The first-order valence-corrected chi connectivity index (χ1v) is 12.0. The van der Waals surface area contributed by atoms with Crippen LogP contribution in [0.5, 0.6) is 0 Å². The molecule has 0 aliphatic heterocycles. The lowest BCUT2D eigenvalue weighted by Crippen LogP contribution is -2.23. The van der Waals surface area contributed by atoms with Crippen LogP contribution in [0.3, 0.4) is 0 Å². The Morgan fingerprint density at radius 2 is 2.07 bits per heavy atom. The highest BCUT2D eigenvalue weighted by Crippen LogP contribution is 2.39. The highest BCUT2D eigenvalue weighted by atomic mass is 32.2. The molecule has 5 rings (SSSR count). The van der Waals surface area contributed by atoms with Gasteiger partial charge in [0.2, 0.25) is 5.89 Å². The SMILES string of the molecule is CCc1cc2c(=O)n(CCc3ccccc3)c(SCc3noc(C4CC4)n3)nc2s1. The lowest BCUT2D eigenvalue weighted by atomic mass is 10.1. The lowest BCUT2D eigenvalue weighted by Gasteiger charge is -2.11. The molecule has 0 unspecified atom stereocenters. The molecule has 0 N–H and O–H groups in total. The molecule has 4 aromatic rings. The second kappa shape index (κ2) is 8.35. The van der Waals surface area contributed by atoms with Crippen molar-refractivity contribution in [2.75, 3.05) is 0 Å². The molecule has 30 heavy (non-hydrogen) atoms. The monoisotopic (exact) mass is 438 g/mol. The summed E-state index contributed by atoms with van der Waals surface area (Å²) in [6.45, 7) is 2.69. The summed E-state index contributed by atoms with van der Waals surface area (Å²) >= 11 is 3.10. The van der Waals surface area contributed by atoms with E-state index in [9.17, 15) is 4.79 Å². The summed E-state index contributed by atoms with van der Waals surface area (Å²) in [7, 11) is 0. The highest BCUT2D eigenvalue weighted by molar-refractivity contribution is 7.98. The van der Waals surface area contributed by atoms with Crippen LogP contribution in [-0.2, 0) is 25.1 Å². The highest BCUT2D eigenvalue weighted by Gasteiger charge is 2.29. The Kier molecular flexibility index (Phi) is 5.43. The first kappa shape index (κ1) is 19.5. The van der Waals surface area contributed by atoms with Gasteiger partial charge in [0.25, 0.3) is 5.56 Å². The van der Waals surface area contributed by atoms with E-state index in [1.807, 2.05) is 24.3 Å². The number of thiophene rings is 1. The lowest BCUT2D eigenvalue weighted by molar-refractivity contribution is 0.375. The number of fused-ring (bicyclic) bond motifs is 1. The smallest absolute Gasteiger partial charge is 0.262 e. The Hall–Kier alpha value is -2.45. The van der Waals surface area contributed by atoms with E-state index < -0.39 is 0 Å². The van der Waals surface area contributed by atoms with Crippen LogP contribution in [0.4, 0.5) is 0 Å². The minimum atomic E-state index is 0.0289. The van der Waals surface area contributed by atoms with Gasteiger partial charge in [0.1, 0.15) is 4.83 Å². The first-order valence-electron chi connectivity index (χ1n) is 10.2. The number of benzene rings is 1. The second-order valence-electron chi connectivity index (χ2n) is 7.48. The molecule has 0 saturated heterocycles. The maximum absolute atomic E-state index is 13.3. The number of hydrogen-bond acceptors (Lipinski definition) is 7. The van der Waals surface area contributed by atoms with Gasteiger partial charge in [0.05, 0.1) is 11.1 Å². The van der Waals surface area contributed by atoms with Gasteiger partial charge >= 0.3 is 0 Å². The van der Waals surface area contributed by atoms with Crippen LogP contribution in [0.2, 0.25) is 0 Å². The predicted octanol–water partition coefficient (Wildman–Crippen LogP) is 4.82. The van der Waals surface area contributed by atoms with Gasteiger partial charge in [-0.05, 0) is 37.3 Å². The number of thioether (sulfide) groups is 1. The minimum Gasteiger partial charge on any atom is -0.339 e. The Balaban J connectivity index is 1.44. The number of rotatable bonds is 8. The number of aryl methyl sites for hydroxylation is 2. The predicted molar refractivity (Wildman–Crippen MR) is 119 cm³/mol. The molecule has 1 aromatic carbocycles. The second-order valence-corrected chi connectivity index (χ2v) is 9.54. The van der Waals surface area contributed by atoms with Crippen molar-refractivity contribution < 1.29 is 4.52 Å². The fourth-order valence-corrected chi connectivity index (χ4v) is 5.24. The van der Waals surface area contributed by atoms with Gasteiger partial charge in [0.15, 0.2) is 11.0 Å². The summed E-state index contributed by atoms with van der Waals surface area (Å²) in [5, 5.41) is 5.52. The van der Waals surface area contributed by atoms with Crippen molar-refractivity contribution in [2.45, 2.75) is 56.0 Å². The van der Waals surface area contributed by atoms with Crippen LogP contribution in [0.15, 0.2) is 50.9 Å². The first-order chi connectivity index (χ1) is 14.7. The molecule has 1 fully saturated rings. The number of hydrogen-bond donors (Lipinski definition) is 0. The van der Waals surface area contributed by atoms with Gasteiger partial charge in [-0.3, -0.25) is 9.36 Å². The summed E-state index contributed by atoms with van der Waals surface area (Å²) < 4.78 is 7.16. The summed E-state index contributed by atoms with van der Waals surface area (Å²) in [6.07, 6.45) is 3.94. The number of nitrogens with zero attached hydrogens (tertiary/aromatic N) is 4. The van der Waals surface area contributed by atoms with Crippen molar-refractivity contribution in [3.8, 4) is 0 Å². The van der Waals surface area contributed by atoms with Gasteiger partial charge in [-0.15, -0.1) is 11.3 Å². The van der Waals surface area contributed by atoms with E-state index >= 15 is 0 Å². The average Bonchev–Trinajstić information content (AvgIpc) is 3.36. The minimum absolute atomic E-state index is 0.0289. The largest absolute Gasteiger partial charge is 0.339 e. The molecule has 0 radical (unpaired) electrons. The van der Waals surface area contributed by atoms with Crippen LogP contribution >= 0.6 is 23.1 Å². The van der Waals surface area contributed by atoms with Gasteiger partial charge in [0, 0.05) is 17.3 Å². The Labute approximate surface area is 182 Å². The normalized spacial score (nSPS) is 13.9. The number of aromatic nitrogens is 4. The molecule has 6 nitrogen and oxygen atoms in total. The molecule has 0 amide bonds. The standard InChI is InChI=1S/C22H22N4O2S2/c1-2-16-12-17-20(30-16)24-22(29-13-18-23-19(28-25-18)15-8-9-15)26(21(17)27)11-10-14-6-4-3-5-7-14/h3-7,12,15H,2,8-11,13H2,1H3. The Morgan fingerprint density at radius 3 is 2.83 bits per heavy atom. The van der Waals surface area contributed by atoms with Gasteiger partial charge in [-0.2, -0.15) is 4.98 Å². The van der Waals surface area contributed by atoms with E-state index in [0.29, 0.717) is 34.6 Å². The van der Waals surface area contributed by atoms with Crippen molar-refractivity contribution in [1.29, 1.82) is 0 Å². The molecule has 3 aromatic heterocycles. The molecule has 1 aliphatic carbocycles. The molecule has 0 atom stereocenters. The topological polar surface area (TPSA) is 73.8 Å². The van der Waals surface area contributed by atoms with E-state index in [0.717, 1.165) is 36.4 Å². The summed E-state index contributed by atoms with van der Waals surface area (Å²) in [5.74, 6) is 2.37. The van der Waals surface area contributed by atoms with E-state index in [-0.39, 0.29) is 5.56 Å². The summed E-state index contributed by atoms with van der Waals surface area (Å²) in [6, 6.07) is 12.2. The molecule has 1 saturated carbocycles. The van der Waals surface area contributed by atoms with Crippen LogP contribution in [-0.4, -0.2) is 19.7 Å². The van der Waals surface area contributed by atoms with E-state index in [1.165, 1.54) is 22.2 Å². The Bertz CT molecular complexity index is 1230. The van der Waals surface area contributed by atoms with E-state index in [2.05, 4.69) is 29.2 Å². The molecular formula is C22H22N4O2S2. The van der Waals surface area contributed by atoms with Crippen LogP contribution in [0.1, 0.15) is 47.8 Å². The molecular weight excluding hydrogens is 416 g/mol. The molecule has 3 heterocycles. The molecule has 8 heteroatoms. The van der Waals surface area contributed by atoms with Gasteiger partial charge in [-0.25, -0.2) is 4.98 Å². The van der Waals surface area contributed by atoms with Crippen molar-refractivity contribution in [3.63, 3.8) is 0 Å². The summed E-state index contributed by atoms with van der Waals surface area (Å²) in [5.41, 5.74) is 1.23. The van der Waals surface area contributed by atoms with Crippen molar-refractivity contribution in [3.05, 3.63) is 68.9 Å². The zero-order valence-corrected chi connectivity index (χ0v) is 18.3. The van der Waals surface area contributed by atoms with Crippen molar-refractivity contribution in [2.24, 2.45) is 0 Å². The van der Waals surface area contributed by atoms with Crippen molar-refractivity contribution >= 4 is 33.3 Å². The van der Waals surface area contributed by atoms with Gasteiger partial charge in [-0.1, -0.05) is 54.2 Å². The fraction of sp³-hybridized carbons (Fsp3) is 0.364. The van der Waals surface area contributed by atoms with Crippen LogP contribution in [0.25, 0.3) is 10.2 Å². The zero-order chi connectivity index (χ0) is 20.5. The average molecular weight is 439 g/mol. The third-order valence-corrected chi connectivity index (χ3v) is 7.37. The quantitative estimate of drug-likeness (QED) is 0.290. The van der Waals surface area contributed by atoms with Crippen LogP contribution < -0.4 is 5.56 Å². The third kappa shape index (κ3) is 4.06. The summed E-state index contributed by atoms with van der Waals surface area (Å²) in [4.78, 5) is 24.6. The molecule has 0 bridgehead atoms. The van der Waals surface area contributed by atoms with E-state index in [4.69, 9.17) is 9.51 Å². The van der Waals surface area contributed by atoms with Crippen LogP contribution in [0, 0.1) is 0 Å². The Morgan fingerprint density at radius 1 is 1.23 bits per heavy atom. The third-order valence-electron chi connectivity index (χ3n) is 5.22. The fourth-order valence-electron chi connectivity index (χ4n) is 3.37. The van der Waals surface area contributed by atoms with Gasteiger partial charge < -0.3 is 4.52 Å². The maximum Gasteiger partial charge on any atom is 0.262 e. The van der Waals surface area contributed by atoms with Crippen molar-refractivity contribution in [1.82, 2.24) is 19.7 Å². The maximum atomic E-state index is 13.3.